The van der Waals surface area contributed by atoms with Crippen LogP contribution in [0.3, 0.4) is 0 Å². The summed E-state index contributed by atoms with van der Waals surface area (Å²) in [4.78, 5) is 17.4. The fourth-order valence-corrected chi connectivity index (χ4v) is 4.02. The van der Waals surface area contributed by atoms with E-state index in [1.807, 2.05) is 61.5 Å². The van der Waals surface area contributed by atoms with E-state index in [1.165, 1.54) is 5.56 Å². The molecule has 1 heterocycles. The molecule has 4 aromatic rings. The molecule has 34 heavy (non-hydrogen) atoms. The van der Waals surface area contributed by atoms with Crippen molar-refractivity contribution in [2.45, 2.75) is 52.6 Å². The predicted octanol–water partition coefficient (Wildman–Crippen LogP) is 6.04. The maximum Gasteiger partial charge on any atom is 0.251 e. The number of nitrogens with zero attached hydrogens (tertiary/aromatic N) is 2. The Morgan fingerprint density at radius 3 is 2.50 bits per heavy atom. The minimum Gasteiger partial charge on any atom is -0.494 e. The fraction of sp³-hybridized carbons (Fsp3) is 0.310. The van der Waals surface area contributed by atoms with E-state index in [-0.39, 0.29) is 11.3 Å². The maximum atomic E-state index is 12.6. The highest BCUT2D eigenvalue weighted by Crippen LogP contribution is 2.24. The zero-order valence-electron chi connectivity index (χ0n) is 20.5. The molecule has 0 saturated carbocycles. The van der Waals surface area contributed by atoms with E-state index in [0.717, 1.165) is 41.1 Å². The van der Waals surface area contributed by atoms with Gasteiger partial charge in [0.1, 0.15) is 11.6 Å². The molecular formula is C29H33N3O2. The summed E-state index contributed by atoms with van der Waals surface area (Å²) in [5.74, 6) is 1.63. The zero-order valence-corrected chi connectivity index (χ0v) is 20.5. The second kappa shape index (κ2) is 10.1. The molecule has 0 aliphatic heterocycles. The first-order valence-electron chi connectivity index (χ1n) is 11.8. The van der Waals surface area contributed by atoms with Crippen LogP contribution < -0.4 is 10.1 Å². The molecule has 4 rings (SSSR count). The third-order valence-corrected chi connectivity index (χ3v) is 5.94. The standard InChI is InChI=1S/C29H33N3O2/c1-21-9-7-10-22(19-21)28(33)30-20-27-31-25-11-5-6-12-26(25)32(27)17-8-18-34-24-15-13-23(14-16-24)29(2,3)4/h5-7,9-16,19H,8,17-18,20H2,1-4H3,(H,30,33). The number of hydrogen-bond donors (Lipinski definition) is 1. The topological polar surface area (TPSA) is 56.2 Å². The molecule has 176 valence electrons. The first kappa shape index (κ1) is 23.6. The zero-order chi connectivity index (χ0) is 24.1. The van der Waals surface area contributed by atoms with E-state index in [4.69, 9.17) is 9.72 Å². The average molecular weight is 456 g/mol. The third kappa shape index (κ3) is 5.66. The Bertz CT molecular complexity index is 1270. The summed E-state index contributed by atoms with van der Waals surface area (Å²) < 4.78 is 8.17. The SMILES string of the molecule is Cc1cccc(C(=O)NCc2nc3ccccc3n2CCCOc2ccc(C(C)(C)C)cc2)c1. The van der Waals surface area contributed by atoms with Gasteiger partial charge in [0, 0.05) is 12.1 Å². The van der Waals surface area contributed by atoms with Gasteiger partial charge in [-0.15, -0.1) is 0 Å². The van der Waals surface area contributed by atoms with E-state index in [9.17, 15) is 4.79 Å². The monoisotopic (exact) mass is 455 g/mol. The number of nitrogens with one attached hydrogen (secondary N) is 1. The van der Waals surface area contributed by atoms with Crippen LogP contribution in [0.25, 0.3) is 11.0 Å². The van der Waals surface area contributed by atoms with Gasteiger partial charge in [-0.25, -0.2) is 4.98 Å². The smallest absolute Gasteiger partial charge is 0.251 e. The Balaban J connectivity index is 1.39. The van der Waals surface area contributed by atoms with Gasteiger partial charge in [-0.3, -0.25) is 4.79 Å². The van der Waals surface area contributed by atoms with Gasteiger partial charge in [-0.05, 0) is 60.7 Å². The van der Waals surface area contributed by atoms with Crippen LogP contribution >= 0.6 is 0 Å². The summed E-state index contributed by atoms with van der Waals surface area (Å²) in [6.07, 6.45) is 0.834. The molecule has 5 heteroatoms. The number of carbonyl (C=O) groups is 1. The Labute approximate surface area is 201 Å². The van der Waals surface area contributed by atoms with Crippen molar-refractivity contribution in [2.24, 2.45) is 0 Å². The lowest BCUT2D eigenvalue weighted by molar-refractivity contribution is 0.0949. The molecule has 1 amide bonds. The van der Waals surface area contributed by atoms with E-state index >= 15 is 0 Å². The van der Waals surface area contributed by atoms with E-state index in [1.54, 1.807) is 0 Å². The van der Waals surface area contributed by atoms with Crippen molar-refractivity contribution in [1.82, 2.24) is 14.9 Å². The predicted molar refractivity (Wildman–Crippen MR) is 137 cm³/mol. The maximum absolute atomic E-state index is 12.6. The number of amides is 1. The van der Waals surface area contributed by atoms with Gasteiger partial charge in [0.2, 0.25) is 0 Å². The number of hydrogen-bond acceptors (Lipinski definition) is 3. The van der Waals surface area contributed by atoms with Gasteiger partial charge in [0.05, 0.1) is 24.2 Å². The highest BCUT2D eigenvalue weighted by Gasteiger charge is 2.14. The van der Waals surface area contributed by atoms with Crippen LogP contribution in [0.1, 0.15) is 54.5 Å². The fourth-order valence-electron chi connectivity index (χ4n) is 4.02. The first-order chi connectivity index (χ1) is 16.3. The summed E-state index contributed by atoms with van der Waals surface area (Å²) in [5, 5.41) is 3.02. The summed E-state index contributed by atoms with van der Waals surface area (Å²) in [7, 11) is 0. The molecule has 0 atom stereocenters. The second-order valence-electron chi connectivity index (χ2n) is 9.70. The summed E-state index contributed by atoms with van der Waals surface area (Å²) in [6, 6.07) is 24.0. The van der Waals surface area contributed by atoms with Gasteiger partial charge in [-0.2, -0.15) is 0 Å². The van der Waals surface area contributed by atoms with Gasteiger partial charge >= 0.3 is 0 Å². The quantitative estimate of drug-likeness (QED) is 0.330. The molecule has 1 aromatic heterocycles. The van der Waals surface area contributed by atoms with Crippen LogP contribution in [0.15, 0.2) is 72.8 Å². The summed E-state index contributed by atoms with van der Waals surface area (Å²) in [5.41, 5.74) is 5.15. The highest BCUT2D eigenvalue weighted by atomic mass is 16.5. The number of aromatic nitrogens is 2. The molecule has 0 radical (unpaired) electrons. The van der Waals surface area contributed by atoms with Crippen molar-refractivity contribution in [3.05, 3.63) is 95.3 Å². The third-order valence-electron chi connectivity index (χ3n) is 5.94. The number of para-hydroxylation sites is 2. The molecule has 0 spiro atoms. The van der Waals surface area contributed by atoms with Gasteiger partial charge in [0.15, 0.2) is 0 Å². The van der Waals surface area contributed by atoms with E-state index in [0.29, 0.717) is 18.7 Å². The minimum atomic E-state index is -0.0932. The van der Waals surface area contributed by atoms with Gasteiger partial charge in [-0.1, -0.05) is 62.7 Å². The Morgan fingerprint density at radius 1 is 1.00 bits per heavy atom. The summed E-state index contributed by atoms with van der Waals surface area (Å²) in [6.45, 7) is 10.3. The molecule has 0 fully saturated rings. The van der Waals surface area contributed by atoms with Crippen LogP contribution in [0.4, 0.5) is 0 Å². The first-order valence-corrected chi connectivity index (χ1v) is 11.8. The molecular weight excluding hydrogens is 422 g/mol. The molecule has 0 unspecified atom stereocenters. The number of rotatable bonds is 8. The van der Waals surface area contributed by atoms with Crippen molar-refractivity contribution >= 4 is 16.9 Å². The van der Waals surface area contributed by atoms with E-state index < -0.39 is 0 Å². The van der Waals surface area contributed by atoms with Crippen molar-refractivity contribution in [3.8, 4) is 5.75 Å². The molecule has 0 aliphatic rings. The van der Waals surface area contributed by atoms with Crippen molar-refractivity contribution in [1.29, 1.82) is 0 Å². The molecule has 0 saturated heterocycles. The summed E-state index contributed by atoms with van der Waals surface area (Å²) >= 11 is 0. The Hall–Kier alpha value is -3.60. The minimum absolute atomic E-state index is 0.0932. The van der Waals surface area contributed by atoms with Crippen LogP contribution in [0.2, 0.25) is 0 Å². The van der Waals surface area contributed by atoms with Gasteiger partial charge in [0.25, 0.3) is 5.91 Å². The van der Waals surface area contributed by atoms with Crippen molar-refractivity contribution in [2.75, 3.05) is 6.61 Å². The highest BCUT2D eigenvalue weighted by molar-refractivity contribution is 5.94. The van der Waals surface area contributed by atoms with Crippen LogP contribution in [0, 0.1) is 6.92 Å². The molecule has 0 aliphatic carbocycles. The van der Waals surface area contributed by atoms with Crippen LogP contribution in [-0.2, 0) is 18.5 Å². The molecule has 1 N–H and O–H groups in total. The normalized spacial score (nSPS) is 11.5. The average Bonchev–Trinajstić information content (AvgIpc) is 3.17. The van der Waals surface area contributed by atoms with Gasteiger partial charge < -0.3 is 14.6 Å². The Morgan fingerprint density at radius 2 is 1.76 bits per heavy atom. The number of carbonyl (C=O) groups excluding carboxylic acids is 1. The Kier molecular flexibility index (Phi) is 7.01. The second-order valence-corrected chi connectivity index (χ2v) is 9.70. The lowest BCUT2D eigenvalue weighted by Crippen LogP contribution is -2.25. The van der Waals surface area contributed by atoms with Crippen molar-refractivity contribution < 1.29 is 9.53 Å². The van der Waals surface area contributed by atoms with Crippen molar-refractivity contribution in [3.63, 3.8) is 0 Å². The largest absolute Gasteiger partial charge is 0.494 e. The molecule has 5 nitrogen and oxygen atoms in total. The molecule has 3 aromatic carbocycles. The number of fused-ring (bicyclic) bond motifs is 1. The number of benzene rings is 3. The number of imidazole rings is 1. The lowest BCUT2D eigenvalue weighted by atomic mass is 9.87. The number of ether oxygens (including phenoxy) is 1. The lowest BCUT2D eigenvalue weighted by Gasteiger charge is -2.19. The van der Waals surface area contributed by atoms with E-state index in [2.05, 4.69) is 48.9 Å². The van der Waals surface area contributed by atoms with Crippen LogP contribution in [-0.4, -0.2) is 22.1 Å². The number of aryl methyl sites for hydroxylation is 2. The van der Waals surface area contributed by atoms with Crippen LogP contribution in [0.5, 0.6) is 5.75 Å². The molecule has 0 bridgehead atoms.